The smallest absolute Gasteiger partial charge is 0.329 e. The number of alkyl halides is 3. The molecule has 1 fully saturated rings. The van der Waals surface area contributed by atoms with Gasteiger partial charge in [-0.1, -0.05) is 12.1 Å². The number of halogens is 3. The van der Waals surface area contributed by atoms with Crippen LogP contribution < -0.4 is 0 Å². The van der Waals surface area contributed by atoms with Crippen molar-refractivity contribution in [1.82, 2.24) is 24.4 Å². The zero-order chi connectivity index (χ0) is 19.2. The molecule has 6 nitrogen and oxygen atoms in total. The van der Waals surface area contributed by atoms with Crippen LogP contribution in [0, 0.1) is 0 Å². The lowest BCUT2D eigenvalue weighted by Gasteiger charge is -2.24. The maximum atomic E-state index is 12.8. The Labute approximate surface area is 152 Å². The zero-order valence-corrected chi connectivity index (χ0v) is 14.4. The van der Waals surface area contributed by atoms with Crippen LogP contribution in [0.5, 0.6) is 0 Å². The van der Waals surface area contributed by atoms with Gasteiger partial charge in [0.15, 0.2) is 0 Å². The number of carbonyl (C=O) groups excluding carboxylic acids is 1. The molecule has 1 aliphatic heterocycles. The number of fused-ring (bicyclic) bond motifs is 1. The van der Waals surface area contributed by atoms with Crippen LogP contribution in [0.25, 0.3) is 11.0 Å². The van der Waals surface area contributed by atoms with Gasteiger partial charge in [0.25, 0.3) is 5.91 Å². The minimum Gasteiger partial charge on any atom is -0.329 e. The predicted molar refractivity (Wildman–Crippen MR) is 90.8 cm³/mol. The molecule has 140 valence electrons. The van der Waals surface area contributed by atoms with E-state index in [4.69, 9.17) is 0 Å². The van der Waals surface area contributed by atoms with Crippen molar-refractivity contribution < 1.29 is 18.0 Å². The zero-order valence-electron chi connectivity index (χ0n) is 14.4. The first kappa shape index (κ1) is 17.4. The fourth-order valence-corrected chi connectivity index (χ4v) is 3.49. The molecule has 2 aromatic heterocycles. The molecular formula is C18H16F3N5O. The summed E-state index contributed by atoms with van der Waals surface area (Å²) in [5, 5.41) is 0. The molecule has 1 amide bonds. The van der Waals surface area contributed by atoms with Gasteiger partial charge in [0.2, 0.25) is 5.82 Å². The molecule has 0 spiro atoms. The van der Waals surface area contributed by atoms with Gasteiger partial charge >= 0.3 is 6.18 Å². The van der Waals surface area contributed by atoms with Gasteiger partial charge in [0.05, 0.1) is 22.6 Å². The van der Waals surface area contributed by atoms with Crippen molar-refractivity contribution >= 4 is 16.9 Å². The Bertz CT molecular complexity index is 996. The highest BCUT2D eigenvalue weighted by atomic mass is 19.4. The Kier molecular flexibility index (Phi) is 4.09. The lowest BCUT2D eigenvalue weighted by molar-refractivity contribution is -0.145. The number of benzene rings is 1. The topological polar surface area (TPSA) is 63.9 Å². The van der Waals surface area contributed by atoms with Gasteiger partial charge in [0.1, 0.15) is 5.82 Å². The van der Waals surface area contributed by atoms with Gasteiger partial charge in [-0.2, -0.15) is 13.2 Å². The molecule has 1 atom stereocenters. The fraction of sp³-hybridized carbons (Fsp3) is 0.333. The average molecular weight is 375 g/mol. The van der Waals surface area contributed by atoms with Gasteiger partial charge in [-0.25, -0.2) is 15.0 Å². The minimum atomic E-state index is -4.63. The number of hydrogen-bond acceptors (Lipinski definition) is 4. The van der Waals surface area contributed by atoms with E-state index in [0.29, 0.717) is 6.54 Å². The summed E-state index contributed by atoms with van der Waals surface area (Å²) in [5.41, 5.74) is 1.84. The van der Waals surface area contributed by atoms with Crippen LogP contribution in [-0.2, 0) is 13.2 Å². The molecular weight excluding hydrogens is 359 g/mol. The first-order chi connectivity index (χ1) is 12.9. The van der Waals surface area contributed by atoms with E-state index in [2.05, 4.69) is 15.0 Å². The third-order valence-corrected chi connectivity index (χ3v) is 4.79. The molecule has 27 heavy (non-hydrogen) atoms. The van der Waals surface area contributed by atoms with E-state index in [9.17, 15) is 18.0 Å². The van der Waals surface area contributed by atoms with Crippen molar-refractivity contribution in [1.29, 1.82) is 0 Å². The monoisotopic (exact) mass is 375 g/mol. The van der Waals surface area contributed by atoms with Crippen LogP contribution in [0.4, 0.5) is 13.2 Å². The first-order valence-corrected chi connectivity index (χ1v) is 8.48. The predicted octanol–water partition coefficient (Wildman–Crippen LogP) is 3.36. The van der Waals surface area contributed by atoms with Crippen LogP contribution in [0.2, 0.25) is 0 Å². The van der Waals surface area contributed by atoms with Crippen molar-refractivity contribution in [3.05, 3.63) is 53.9 Å². The molecule has 4 rings (SSSR count). The quantitative estimate of drug-likeness (QED) is 0.689. The van der Waals surface area contributed by atoms with E-state index in [-0.39, 0.29) is 11.6 Å². The highest BCUT2D eigenvalue weighted by molar-refractivity contribution is 5.94. The number of hydrogen-bond donors (Lipinski definition) is 0. The SMILES string of the molecule is Cn1c(C2CCCN2C(=O)c2cnc(C(F)(F)F)nc2)nc2ccccc21. The molecule has 3 heterocycles. The molecule has 0 bridgehead atoms. The number of para-hydroxylation sites is 2. The summed E-state index contributed by atoms with van der Waals surface area (Å²) < 4.78 is 39.8. The second-order valence-corrected chi connectivity index (χ2v) is 6.47. The molecule has 3 aromatic rings. The third kappa shape index (κ3) is 3.02. The molecule has 0 radical (unpaired) electrons. The molecule has 1 aliphatic rings. The van der Waals surface area contributed by atoms with Crippen molar-refractivity contribution in [2.75, 3.05) is 6.54 Å². The van der Waals surface area contributed by atoms with Gasteiger partial charge in [0, 0.05) is 26.0 Å². The summed E-state index contributed by atoms with van der Waals surface area (Å²) in [4.78, 5) is 25.7. The summed E-state index contributed by atoms with van der Waals surface area (Å²) in [6, 6.07) is 7.44. The van der Waals surface area contributed by atoms with E-state index in [1.807, 2.05) is 35.9 Å². The van der Waals surface area contributed by atoms with Crippen LogP contribution in [0.1, 0.15) is 40.9 Å². The van der Waals surface area contributed by atoms with Gasteiger partial charge in [-0.05, 0) is 25.0 Å². The maximum absolute atomic E-state index is 12.8. The number of aromatic nitrogens is 4. The molecule has 9 heteroatoms. The summed E-state index contributed by atoms with van der Waals surface area (Å²) in [6.07, 6.45) is -1.23. The Hall–Kier alpha value is -2.97. The van der Waals surface area contributed by atoms with Crippen molar-refractivity contribution in [2.24, 2.45) is 7.05 Å². The van der Waals surface area contributed by atoms with Crippen LogP contribution in [0.15, 0.2) is 36.7 Å². The second kappa shape index (κ2) is 6.33. The highest BCUT2D eigenvalue weighted by Crippen LogP contribution is 2.34. The Morgan fingerprint density at radius 2 is 1.89 bits per heavy atom. The van der Waals surface area contributed by atoms with E-state index < -0.39 is 17.9 Å². The number of nitrogens with zero attached hydrogens (tertiary/aromatic N) is 5. The van der Waals surface area contributed by atoms with Crippen LogP contribution in [0.3, 0.4) is 0 Å². The van der Waals surface area contributed by atoms with E-state index in [0.717, 1.165) is 42.1 Å². The molecule has 0 saturated carbocycles. The van der Waals surface area contributed by atoms with E-state index in [1.54, 1.807) is 4.90 Å². The number of amides is 1. The largest absolute Gasteiger partial charge is 0.451 e. The summed E-state index contributed by atoms with van der Waals surface area (Å²) in [6.45, 7) is 0.508. The second-order valence-electron chi connectivity index (χ2n) is 6.47. The number of carbonyl (C=O) groups is 1. The lowest BCUT2D eigenvalue weighted by atomic mass is 10.2. The summed E-state index contributed by atoms with van der Waals surface area (Å²) >= 11 is 0. The molecule has 1 saturated heterocycles. The number of imidazole rings is 1. The fourth-order valence-electron chi connectivity index (χ4n) is 3.49. The van der Waals surface area contributed by atoms with Crippen LogP contribution >= 0.6 is 0 Å². The number of rotatable bonds is 2. The molecule has 0 aliphatic carbocycles. The summed E-state index contributed by atoms with van der Waals surface area (Å²) in [7, 11) is 1.90. The van der Waals surface area contributed by atoms with Gasteiger partial charge in [-0.3, -0.25) is 4.79 Å². The van der Waals surface area contributed by atoms with Gasteiger partial charge in [-0.15, -0.1) is 0 Å². The normalized spacial score (nSPS) is 17.6. The number of aryl methyl sites for hydroxylation is 1. The first-order valence-electron chi connectivity index (χ1n) is 8.48. The van der Waals surface area contributed by atoms with E-state index >= 15 is 0 Å². The molecule has 1 unspecified atom stereocenters. The van der Waals surface area contributed by atoms with Gasteiger partial charge < -0.3 is 9.47 Å². The van der Waals surface area contributed by atoms with Crippen LogP contribution in [-0.4, -0.2) is 36.9 Å². The standard InChI is InChI=1S/C18H16F3N5O/c1-25-13-6-3-2-5-12(13)24-15(25)14-7-4-8-26(14)16(27)11-9-22-17(23-10-11)18(19,20)21/h2-3,5-6,9-10,14H,4,7-8H2,1H3. The summed E-state index contributed by atoms with van der Waals surface area (Å²) in [5.74, 6) is -0.888. The highest BCUT2D eigenvalue weighted by Gasteiger charge is 2.36. The Balaban J connectivity index is 1.64. The maximum Gasteiger partial charge on any atom is 0.451 e. The minimum absolute atomic E-state index is 0.0358. The Morgan fingerprint density at radius 3 is 2.56 bits per heavy atom. The third-order valence-electron chi connectivity index (χ3n) is 4.79. The van der Waals surface area contributed by atoms with Crippen molar-refractivity contribution in [3.8, 4) is 0 Å². The lowest BCUT2D eigenvalue weighted by Crippen LogP contribution is -2.32. The number of likely N-dealkylation sites (tertiary alicyclic amines) is 1. The Morgan fingerprint density at radius 1 is 1.19 bits per heavy atom. The van der Waals surface area contributed by atoms with Crippen molar-refractivity contribution in [2.45, 2.75) is 25.1 Å². The van der Waals surface area contributed by atoms with E-state index in [1.165, 1.54) is 0 Å². The van der Waals surface area contributed by atoms with Crippen molar-refractivity contribution in [3.63, 3.8) is 0 Å². The molecule has 1 aromatic carbocycles. The molecule has 0 N–H and O–H groups in total. The average Bonchev–Trinajstić information content (AvgIpc) is 3.25.